The summed E-state index contributed by atoms with van der Waals surface area (Å²) in [7, 11) is 0. The van der Waals surface area contributed by atoms with E-state index in [0.29, 0.717) is 11.5 Å². The van der Waals surface area contributed by atoms with Crippen LogP contribution in [0, 0.1) is 5.41 Å². The van der Waals surface area contributed by atoms with Gasteiger partial charge in [-0.25, -0.2) is 4.98 Å². The molecule has 0 unspecified atom stereocenters. The van der Waals surface area contributed by atoms with E-state index in [1.165, 1.54) is 12.8 Å². The largest absolute Gasteiger partial charge is 0.314 e. The third-order valence-electron chi connectivity index (χ3n) is 3.91. The Morgan fingerprint density at radius 2 is 1.94 bits per heavy atom. The zero-order chi connectivity index (χ0) is 13.6. The molecule has 0 amide bonds. The molecule has 4 nitrogen and oxygen atoms in total. The summed E-state index contributed by atoms with van der Waals surface area (Å²) in [5, 5.41) is 7.85. The third kappa shape index (κ3) is 3.80. The zero-order valence-electron chi connectivity index (χ0n) is 12.5. The van der Waals surface area contributed by atoms with Crippen LogP contribution >= 0.6 is 0 Å². The Bertz CT molecular complexity index is 339. The van der Waals surface area contributed by atoms with Gasteiger partial charge < -0.3 is 5.32 Å². The SMILES string of the molecule is CCn1ncnc1CC(CC)(CC)CNC(C)C. The Morgan fingerprint density at radius 3 is 2.44 bits per heavy atom. The van der Waals surface area contributed by atoms with Crippen LogP contribution in [-0.2, 0) is 13.0 Å². The quantitative estimate of drug-likeness (QED) is 0.773. The average Bonchev–Trinajstić information content (AvgIpc) is 2.81. The maximum Gasteiger partial charge on any atom is 0.138 e. The maximum atomic E-state index is 4.42. The summed E-state index contributed by atoms with van der Waals surface area (Å²) < 4.78 is 2.01. The van der Waals surface area contributed by atoms with Crippen LogP contribution in [0.4, 0.5) is 0 Å². The van der Waals surface area contributed by atoms with Crippen molar-refractivity contribution in [1.29, 1.82) is 0 Å². The van der Waals surface area contributed by atoms with Gasteiger partial charge in [0.25, 0.3) is 0 Å². The number of hydrogen-bond acceptors (Lipinski definition) is 3. The van der Waals surface area contributed by atoms with Crippen molar-refractivity contribution < 1.29 is 0 Å². The lowest BCUT2D eigenvalue weighted by Gasteiger charge is -2.32. The highest BCUT2D eigenvalue weighted by Crippen LogP contribution is 2.29. The van der Waals surface area contributed by atoms with Crippen molar-refractivity contribution in [3.63, 3.8) is 0 Å². The van der Waals surface area contributed by atoms with E-state index in [2.05, 4.69) is 50.0 Å². The van der Waals surface area contributed by atoms with E-state index >= 15 is 0 Å². The molecule has 0 spiro atoms. The lowest BCUT2D eigenvalue weighted by atomic mass is 9.78. The summed E-state index contributed by atoms with van der Waals surface area (Å²) in [6, 6.07) is 0.534. The van der Waals surface area contributed by atoms with Crippen molar-refractivity contribution >= 4 is 0 Å². The first-order valence-corrected chi connectivity index (χ1v) is 7.17. The van der Waals surface area contributed by atoms with Gasteiger partial charge in [-0.2, -0.15) is 5.10 Å². The summed E-state index contributed by atoms with van der Waals surface area (Å²) in [6.45, 7) is 13.0. The van der Waals surface area contributed by atoms with Crippen molar-refractivity contribution in [2.24, 2.45) is 5.41 Å². The minimum absolute atomic E-state index is 0.296. The minimum Gasteiger partial charge on any atom is -0.314 e. The monoisotopic (exact) mass is 252 g/mol. The molecule has 0 aliphatic rings. The van der Waals surface area contributed by atoms with Gasteiger partial charge in [0.05, 0.1) is 0 Å². The van der Waals surface area contributed by atoms with E-state index in [0.717, 1.165) is 25.3 Å². The highest BCUT2D eigenvalue weighted by Gasteiger charge is 2.28. The lowest BCUT2D eigenvalue weighted by molar-refractivity contribution is 0.231. The van der Waals surface area contributed by atoms with Crippen molar-refractivity contribution in [2.75, 3.05) is 6.54 Å². The summed E-state index contributed by atoms with van der Waals surface area (Å²) in [6.07, 6.45) is 5.01. The summed E-state index contributed by atoms with van der Waals surface area (Å²) >= 11 is 0. The second kappa shape index (κ2) is 6.88. The molecule has 0 aromatic carbocycles. The molecule has 0 aliphatic heterocycles. The van der Waals surface area contributed by atoms with Crippen molar-refractivity contribution in [2.45, 2.75) is 66.5 Å². The predicted octanol–water partition coefficient (Wildman–Crippen LogP) is 2.64. The van der Waals surface area contributed by atoms with Crippen LogP contribution in [0.3, 0.4) is 0 Å². The van der Waals surface area contributed by atoms with E-state index < -0.39 is 0 Å². The van der Waals surface area contributed by atoms with Gasteiger partial charge in [-0.05, 0) is 25.2 Å². The number of rotatable bonds is 8. The molecule has 0 saturated carbocycles. The van der Waals surface area contributed by atoms with Crippen LogP contribution < -0.4 is 5.32 Å². The maximum absolute atomic E-state index is 4.42. The van der Waals surface area contributed by atoms with Crippen LogP contribution in [0.5, 0.6) is 0 Å². The molecule has 1 aromatic rings. The molecule has 0 atom stereocenters. The van der Waals surface area contributed by atoms with Gasteiger partial charge in [-0.15, -0.1) is 0 Å². The van der Waals surface area contributed by atoms with Gasteiger partial charge >= 0.3 is 0 Å². The van der Waals surface area contributed by atoms with Crippen LogP contribution in [0.25, 0.3) is 0 Å². The molecular weight excluding hydrogens is 224 g/mol. The molecule has 0 radical (unpaired) electrons. The van der Waals surface area contributed by atoms with E-state index in [4.69, 9.17) is 0 Å². The Balaban J connectivity index is 2.78. The summed E-state index contributed by atoms with van der Waals surface area (Å²) in [5.41, 5.74) is 0.296. The molecule has 1 aromatic heterocycles. The van der Waals surface area contributed by atoms with E-state index in [-0.39, 0.29) is 0 Å². The Hall–Kier alpha value is -0.900. The van der Waals surface area contributed by atoms with Gasteiger partial charge in [-0.1, -0.05) is 27.7 Å². The van der Waals surface area contributed by atoms with Crippen molar-refractivity contribution in [1.82, 2.24) is 20.1 Å². The van der Waals surface area contributed by atoms with Crippen molar-refractivity contribution in [3.8, 4) is 0 Å². The zero-order valence-corrected chi connectivity index (χ0v) is 12.5. The Morgan fingerprint density at radius 1 is 1.28 bits per heavy atom. The third-order valence-corrected chi connectivity index (χ3v) is 3.91. The topological polar surface area (TPSA) is 42.7 Å². The molecule has 0 bridgehead atoms. The first kappa shape index (κ1) is 15.2. The van der Waals surface area contributed by atoms with Gasteiger partial charge in [0.2, 0.25) is 0 Å². The second-order valence-electron chi connectivity index (χ2n) is 5.41. The highest BCUT2D eigenvalue weighted by molar-refractivity contribution is 4.94. The fourth-order valence-electron chi connectivity index (χ4n) is 2.26. The van der Waals surface area contributed by atoms with Crippen LogP contribution in [0.15, 0.2) is 6.33 Å². The lowest BCUT2D eigenvalue weighted by Crippen LogP contribution is -2.39. The fourth-order valence-corrected chi connectivity index (χ4v) is 2.26. The Kier molecular flexibility index (Phi) is 5.79. The molecule has 1 N–H and O–H groups in total. The molecular formula is C14H28N4. The number of aromatic nitrogens is 3. The standard InChI is InChI=1S/C14H28N4/c1-6-14(7-2,10-15-12(4)5)9-13-16-11-17-18(13)8-3/h11-12,15H,6-10H2,1-5H3. The van der Waals surface area contributed by atoms with Crippen LogP contribution in [-0.4, -0.2) is 27.4 Å². The van der Waals surface area contributed by atoms with Crippen LogP contribution in [0.1, 0.15) is 53.3 Å². The number of nitrogens with zero attached hydrogens (tertiary/aromatic N) is 3. The predicted molar refractivity (Wildman–Crippen MR) is 75.6 cm³/mol. The average molecular weight is 252 g/mol. The molecule has 4 heteroatoms. The molecule has 0 fully saturated rings. The van der Waals surface area contributed by atoms with E-state index in [1.807, 2.05) is 4.68 Å². The summed E-state index contributed by atoms with van der Waals surface area (Å²) in [5.74, 6) is 1.12. The van der Waals surface area contributed by atoms with E-state index in [9.17, 15) is 0 Å². The van der Waals surface area contributed by atoms with Crippen molar-refractivity contribution in [3.05, 3.63) is 12.2 Å². The summed E-state index contributed by atoms with van der Waals surface area (Å²) in [4.78, 5) is 4.42. The van der Waals surface area contributed by atoms with E-state index in [1.54, 1.807) is 6.33 Å². The normalized spacial score (nSPS) is 12.3. The Labute approximate surface area is 111 Å². The molecule has 18 heavy (non-hydrogen) atoms. The second-order valence-corrected chi connectivity index (χ2v) is 5.41. The van der Waals surface area contributed by atoms with Gasteiger partial charge in [0.1, 0.15) is 12.2 Å². The molecule has 0 aliphatic carbocycles. The first-order valence-electron chi connectivity index (χ1n) is 7.17. The minimum atomic E-state index is 0.296. The fraction of sp³-hybridized carbons (Fsp3) is 0.857. The smallest absolute Gasteiger partial charge is 0.138 e. The van der Waals surface area contributed by atoms with Gasteiger partial charge in [-0.3, -0.25) is 4.68 Å². The first-order chi connectivity index (χ1) is 8.56. The van der Waals surface area contributed by atoms with Gasteiger partial charge in [0, 0.05) is 25.6 Å². The number of nitrogens with one attached hydrogen (secondary N) is 1. The highest BCUT2D eigenvalue weighted by atomic mass is 15.3. The molecule has 1 heterocycles. The van der Waals surface area contributed by atoms with Gasteiger partial charge in [0.15, 0.2) is 0 Å². The molecule has 1 rings (SSSR count). The molecule has 104 valence electrons. The molecule has 0 saturated heterocycles. The van der Waals surface area contributed by atoms with Crippen LogP contribution in [0.2, 0.25) is 0 Å². The number of hydrogen-bond donors (Lipinski definition) is 1. The number of aryl methyl sites for hydroxylation is 1.